The minimum atomic E-state index is -3.56. The number of amides is 2. The Balaban J connectivity index is 1.66. The molecule has 2 amide bonds. The Morgan fingerprint density at radius 2 is 1.63 bits per heavy atom. The molecule has 0 spiro atoms. The minimum absolute atomic E-state index is 0.0674. The molecule has 0 aliphatic rings. The fraction of sp³-hybridized carbons (Fsp3) is 0.182. The highest BCUT2D eigenvalue weighted by molar-refractivity contribution is 7.90. The smallest absolute Gasteiger partial charge is 0.289 e. The lowest BCUT2D eigenvalue weighted by molar-refractivity contribution is 0.0751. The second-order valence-electron chi connectivity index (χ2n) is 6.78. The van der Waals surface area contributed by atoms with Crippen molar-refractivity contribution in [3.8, 4) is 0 Å². The number of hydrogen-bond donors (Lipinski definition) is 1. The van der Waals surface area contributed by atoms with Crippen LogP contribution in [0.1, 0.15) is 32.2 Å². The summed E-state index contributed by atoms with van der Waals surface area (Å²) < 4.78 is 30.4. The van der Waals surface area contributed by atoms with Gasteiger partial charge in [0.15, 0.2) is 15.6 Å². The van der Waals surface area contributed by atoms with Gasteiger partial charge in [-0.15, -0.1) is 0 Å². The molecule has 2 aromatic carbocycles. The first-order valence-electron chi connectivity index (χ1n) is 9.23. The van der Waals surface area contributed by atoms with Crippen LogP contribution in [0.25, 0.3) is 0 Å². The monoisotopic (exact) mass is 426 g/mol. The Bertz CT molecular complexity index is 1140. The lowest BCUT2D eigenvalue weighted by atomic mass is 10.1. The molecule has 0 aliphatic carbocycles. The summed E-state index contributed by atoms with van der Waals surface area (Å²) in [6, 6.07) is 18.0. The standard InChI is InChI=1S/C22H22N2O5S/c1-23-21(25)17-10-8-16(9-11-17)14-24(2)22(26)20-13-12-18(29-20)15-30(27,28)19-6-4-3-5-7-19/h3-13H,14-15H2,1-2H3,(H,23,25). The maximum atomic E-state index is 12.6. The van der Waals surface area contributed by atoms with Crippen LogP contribution in [0.5, 0.6) is 0 Å². The van der Waals surface area contributed by atoms with Crippen molar-refractivity contribution in [1.82, 2.24) is 10.2 Å². The van der Waals surface area contributed by atoms with Crippen LogP contribution in [0.3, 0.4) is 0 Å². The molecule has 8 heteroatoms. The highest BCUT2D eigenvalue weighted by atomic mass is 32.2. The van der Waals surface area contributed by atoms with Gasteiger partial charge in [-0.25, -0.2) is 8.42 Å². The summed E-state index contributed by atoms with van der Waals surface area (Å²) in [5, 5.41) is 2.55. The molecule has 0 saturated heterocycles. The molecular weight excluding hydrogens is 404 g/mol. The second kappa shape index (κ2) is 8.96. The molecule has 1 heterocycles. The summed E-state index contributed by atoms with van der Waals surface area (Å²) >= 11 is 0. The number of carbonyl (C=O) groups excluding carboxylic acids is 2. The van der Waals surface area contributed by atoms with E-state index in [0.29, 0.717) is 12.1 Å². The van der Waals surface area contributed by atoms with E-state index in [-0.39, 0.29) is 34.0 Å². The minimum Gasteiger partial charge on any atom is -0.455 e. The summed E-state index contributed by atoms with van der Waals surface area (Å²) in [7, 11) is -0.375. The molecule has 0 aliphatic heterocycles. The highest BCUT2D eigenvalue weighted by Crippen LogP contribution is 2.19. The van der Waals surface area contributed by atoms with Gasteiger partial charge in [0.1, 0.15) is 11.5 Å². The van der Waals surface area contributed by atoms with E-state index in [1.807, 2.05) is 0 Å². The quantitative estimate of drug-likeness (QED) is 0.627. The first-order valence-corrected chi connectivity index (χ1v) is 10.9. The van der Waals surface area contributed by atoms with Crippen molar-refractivity contribution in [2.75, 3.05) is 14.1 Å². The molecule has 7 nitrogen and oxygen atoms in total. The molecule has 0 unspecified atom stereocenters. The van der Waals surface area contributed by atoms with Gasteiger partial charge in [0.2, 0.25) is 0 Å². The van der Waals surface area contributed by atoms with Crippen molar-refractivity contribution in [2.45, 2.75) is 17.2 Å². The van der Waals surface area contributed by atoms with Crippen LogP contribution in [0.15, 0.2) is 76.0 Å². The summed E-state index contributed by atoms with van der Waals surface area (Å²) in [6.45, 7) is 0.311. The molecule has 156 valence electrons. The molecule has 3 rings (SSSR count). The van der Waals surface area contributed by atoms with Crippen molar-refractivity contribution in [3.05, 3.63) is 89.4 Å². The van der Waals surface area contributed by atoms with Crippen LogP contribution in [-0.2, 0) is 22.1 Å². The summed E-state index contributed by atoms with van der Waals surface area (Å²) in [5.41, 5.74) is 1.38. The SMILES string of the molecule is CNC(=O)c1ccc(CN(C)C(=O)c2ccc(CS(=O)(=O)c3ccccc3)o2)cc1. The van der Waals surface area contributed by atoms with E-state index >= 15 is 0 Å². The summed E-state index contributed by atoms with van der Waals surface area (Å²) in [6.07, 6.45) is 0. The zero-order valence-electron chi connectivity index (χ0n) is 16.7. The van der Waals surface area contributed by atoms with E-state index in [9.17, 15) is 18.0 Å². The van der Waals surface area contributed by atoms with Gasteiger partial charge in [0.05, 0.1) is 4.90 Å². The van der Waals surface area contributed by atoms with Gasteiger partial charge in [-0.1, -0.05) is 30.3 Å². The average molecular weight is 426 g/mol. The maximum Gasteiger partial charge on any atom is 0.289 e. The van der Waals surface area contributed by atoms with E-state index in [4.69, 9.17) is 4.42 Å². The second-order valence-corrected chi connectivity index (χ2v) is 8.76. The Hall–Kier alpha value is -3.39. The fourth-order valence-corrected chi connectivity index (χ4v) is 4.18. The van der Waals surface area contributed by atoms with E-state index in [1.54, 1.807) is 56.6 Å². The van der Waals surface area contributed by atoms with E-state index in [1.165, 1.54) is 29.2 Å². The molecule has 0 atom stereocenters. The molecule has 3 aromatic rings. The third-order valence-corrected chi connectivity index (χ3v) is 6.17. The highest BCUT2D eigenvalue weighted by Gasteiger charge is 2.21. The third kappa shape index (κ3) is 4.96. The predicted octanol–water partition coefficient (Wildman–Crippen LogP) is 2.89. The number of carbonyl (C=O) groups is 2. The van der Waals surface area contributed by atoms with Crippen molar-refractivity contribution in [1.29, 1.82) is 0 Å². The number of hydrogen-bond acceptors (Lipinski definition) is 5. The van der Waals surface area contributed by atoms with Gasteiger partial charge in [0.25, 0.3) is 11.8 Å². The zero-order chi connectivity index (χ0) is 21.7. The molecule has 0 fully saturated rings. The van der Waals surface area contributed by atoms with Crippen molar-refractivity contribution in [2.24, 2.45) is 0 Å². The van der Waals surface area contributed by atoms with Gasteiger partial charge in [0, 0.05) is 26.2 Å². The summed E-state index contributed by atoms with van der Waals surface area (Å²) in [4.78, 5) is 25.9. The Kier molecular flexibility index (Phi) is 6.37. The topological polar surface area (TPSA) is 96.7 Å². The molecular formula is C22H22N2O5S. The Labute approximate surface area is 175 Å². The number of nitrogens with one attached hydrogen (secondary N) is 1. The molecule has 1 aromatic heterocycles. The molecule has 0 radical (unpaired) electrons. The van der Waals surface area contributed by atoms with Crippen LogP contribution in [-0.4, -0.2) is 39.2 Å². The largest absolute Gasteiger partial charge is 0.455 e. The van der Waals surface area contributed by atoms with Crippen LogP contribution in [0.4, 0.5) is 0 Å². The van der Waals surface area contributed by atoms with Crippen LogP contribution >= 0.6 is 0 Å². The Morgan fingerprint density at radius 1 is 0.967 bits per heavy atom. The van der Waals surface area contributed by atoms with E-state index < -0.39 is 9.84 Å². The van der Waals surface area contributed by atoms with Gasteiger partial charge in [-0.3, -0.25) is 9.59 Å². The van der Waals surface area contributed by atoms with Gasteiger partial charge < -0.3 is 14.6 Å². The zero-order valence-corrected chi connectivity index (χ0v) is 17.5. The normalized spacial score (nSPS) is 11.1. The lowest BCUT2D eigenvalue weighted by Gasteiger charge is -2.16. The molecule has 30 heavy (non-hydrogen) atoms. The Morgan fingerprint density at radius 3 is 2.27 bits per heavy atom. The van der Waals surface area contributed by atoms with Crippen molar-refractivity contribution in [3.63, 3.8) is 0 Å². The third-order valence-electron chi connectivity index (χ3n) is 4.52. The van der Waals surface area contributed by atoms with Crippen molar-refractivity contribution < 1.29 is 22.4 Å². The average Bonchev–Trinajstić information content (AvgIpc) is 3.21. The molecule has 0 bridgehead atoms. The number of benzene rings is 2. The first kappa shape index (κ1) is 21.3. The van der Waals surface area contributed by atoms with Crippen LogP contribution in [0.2, 0.25) is 0 Å². The van der Waals surface area contributed by atoms with Gasteiger partial charge >= 0.3 is 0 Å². The van der Waals surface area contributed by atoms with Crippen molar-refractivity contribution >= 4 is 21.7 Å². The van der Waals surface area contributed by atoms with Crippen LogP contribution < -0.4 is 5.32 Å². The maximum absolute atomic E-state index is 12.6. The first-order chi connectivity index (χ1) is 14.3. The van der Waals surface area contributed by atoms with Gasteiger partial charge in [-0.2, -0.15) is 0 Å². The van der Waals surface area contributed by atoms with Crippen LogP contribution in [0, 0.1) is 0 Å². The number of rotatable bonds is 7. The molecule has 1 N–H and O–H groups in total. The summed E-state index contributed by atoms with van der Waals surface area (Å²) in [5.74, 6) is -0.605. The number of sulfone groups is 1. The predicted molar refractivity (Wildman–Crippen MR) is 112 cm³/mol. The fourth-order valence-electron chi connectivity index (χ4n) is 2.91. The van der Waals surface area contributed by atoms with E-state index in [0.717, 1.165) is 5.56 Å². The number of nitrogens with zero attached hydrogens (tertiary/aromatic N) is 1. The number of furan rings is 1. The molecule has 0 saturated carbocycles. The van der Waals surface area contributed by atoms with E-state index in [2.05, 4.69) is 5.32 Å². The lowest BCUT2D eigenvalue weighted by Crippen LogP contribution is -2.26. The van der Waals surface area contributed by atoms with Gasteiger partial charge in [-0.05, 0) is 42.0 Å².